The highest BCUT2D eigenvalue weighted by Gasteiger charge is 2.17. The number of H-pyrrole nitrogens is 2. The smallest absolute Gasteiger partial charge is 0.323 e. The monoisotopic (exact) mass is 673 g/mol. The number of carboxylic acid groups (broad SMARTS) is 4. The Morgan fingerprint density at radius 3 is 1.31 bits per heavy atom. The number of nitrogens with one attached hydrogen (secondary N) is 2. The summed E-state index contributed by atoms with van der Waals surface area (Å²) in [6.07, 6.45) is 3.46. The topological polar surface area (TPSA) is 348 Å². The molecule has 2 aromatic heterocycles. The average Bonchev–Trinajstić information content (AvgIpc) is 3.64. The van der Waals surface area contributed by atoms with Crippen molar-refractivity contribution in [2.45, 2.75) is 62.9 Å². The number of aromatic nitrogens is 2. The van der Waals surface area contributed by atoms with Gasteiger partial charge in [-0.25, -0.2) is 0 Å². The molecule has 0 saturated heterocycles. The number of aliphatic carboxylic acids is 4. The number of carbonyl (C=O) groups excluding carboxylic acids is 1. The molecule has 5 atom stereocenters. The zero-order chi connectivity index (χ0) is 36.6. The number of aromatic amines is 2. The fourth-order valence-corrected chi connectivity index (χ4v) is 3.88. The van der Waals surface area contributed by atoms with E-state index in [2.05, 4.69) is 9.97 Å². The summed E-state index contributed by atoms with van der Waals surface area (Å²) in [5, 5.41) is 44.3. The minimum Gasteiger partial charge on any atom is -0.480 e. The van der Waals surface area contributed by atoms with Gasteiger partial charge in [0, 0.05) is 53.5 Å². The van der Waals surface area contributed by atoms with E-state index < -0.39 is 60.1 Å². The number of aliphatic hydroxyl groups is 1. The van der Waals surface area contributed by atoms with Crippen LogP contribution in [0, 0.1) is 0 Å². The first-order valence-corrected chi connectivity index (χ1v) is 14.5. The van der Waals surface area contributed by atoms with E-state index in [4.69, 9.17) is 54.2 Å². The third-order valence-electron chi connectivity index (χ3n) is 6.69. The predicted octanol–water partition coefficient (Wildman–Crippen LogP) is -0.312. The van der Waals surface area contributed by atoms with Crippen LogP contribution in [0.2, 0.25) is 0 Å². The van der Waals surface area contributed by atoms with Gasteiger partial charge in [0.1, 0.15) is 24.2 Å². The summed E-state index contributed by atoms with van der Waals surface area (Å²) in [6.45, 7) is 1.33. The molecular weight excluding hydrogens is 630 g/mol. The van der Waals surface area contributed by atoms with Crippen molar-refractivity contribution >= 4 is 51.6 Å². The normalized spacial score (nSPS) is 13.5. The minimum absolute atomic E-state index is 0.0213. The highest BCUT2D eigenvalue weighted by Crippen LogP contribution is 2.19. The molecule has 0 aliphatic heterocycles. The van der Waals surface area contributed by atoms with Crippen LogP contribution in [0.3, 0.4) is 0 Å². The van der Waals surface area contributed by atoms with Gasteiger partial charge in [0.25, 0.3) is 0 Å². The van der Waals surface area contributed by atoms with Crippen molar-refractivity contribution in [2.24, 2.45) is 28.7 Å². The third-order valence-corrected chi connectivity index (χ3v) is 6.69. The maximum atomic E-state index is 10.6. The van der Waals surface area contributed by atoms with Gasteiger partial charge in [-0.3, -0.25) is 24.0 Å². The van der Waals surface area contributed by atoms with Gasteiger partial charge < -0.3 is 64.2 Å². The van der Waals surface area contributed by atoms with Crippen molar-refractivity contribution in [1.82, 2.24) is 9.97 Å². The van der Waals surface area contributed by atoms with Gasteiger partial charge in [-0.15, -0.1) is 0 Å². The number of carboxylic acids is 4. The summed E-state index contributed by atoms with van der Waals surface area (Å²) >= 11 is 0. The van der Waals surface area contributed by atoms with E-state index in [-0.39, 0.29) is 12.8 Å². The van der Waals surface area contributed by atoms with Crippen LogP contribution in [0.5, 0.6) is 0 Å². The van der Waals surface area contributed by atoms with Crippen LogP contribution in [0.1, 0.15) is 30.9 Å². The average molecular weight is 674 g/mol. The maximum absolute atomic E-state index is 10.6. The van der Waals surface area contributed by atoms with Crippen LogP contribution < -0.4 is 28.7 Å². The zero-order valence-electron chi connectivity index (χ0n) is 26.2. The lowest BCUT2D eigenvalue weighted by molar-refractivity contribution is -0.141. The summed E-state index contributed by atoms with van der Waals surface area (Å²) in [4.78, 5) is 57.4. The molecule has 262 valence electrons. The van der Waals surface area contributed by atoms with Crippen molar-refractivity contribution in [1.29, 1.82) is 0 Å². The second-order valence-electron chi connectivity index (χ2n) is 10.6. The van der Waals surface area contributed by atoms with Gasteiger partial charge >= 0.3 is 23.9 Å². The van der Waals surface area contributed by atoms with Crippen LogP contribution in [-0.2, 0) is 36.8 Å². The number of para-hydroxylation sites is 2. The Bertz CT molecular complexity index is 1560. The molecule has 4 rings (SSSR count). The van der Waals surface area contributed by atoms with E-state index in [1.54, 1.807) is 0 Å². The SMILES string of the molecule is C[C@@H](O)[C@H](N)C(=O)O.NC(=O)CC[C@H](N)C(=O)O.N[C@@H](Cc1c[nH]c2ccccc12)C(=O)O.N[C@@H](Cc1c[nH]c2ccccc12)C(=O)O. The molecule has 2 heterocycles. The van der Waals surface area contributed by atoms with Gasteiger partial charge in [-0.1, -0.05) is 36.4 Å². The fraction of sp³-hybridized carbons (Fsp3) is 0.323. The van der Waals surface area contributed by atoms with E-state index in [0.29, 0.717) is 12.8 Å². The first-order valence-electron chi connectivity index (χ1n) is 14.5. The quantitative estimate of drug-likeness (QED) is 0.0917. The van der Waals surface area contributed by atoms with Crippen LogP contribution in [-0.4, -0.2) is 95.6 Å². The molecule has 0 spiro atoms. The first kappa shape index (κ1) is 40.7. The van der Waals surface area contributed by atoms with Crippen LogP contribution in [0.4, 0.5) is 0 Å². The number of hydrogen-bond donors (Lipinski definition) is 12. The number of primary amides is 1. The van der Waals surface area contributed by atoms with E-state index >= 15 is 0 Å². The number of nitrogens with two attached hydrogens (primary N) is 5. The summed E-state index contributed by atoms with van der Waals surface area (Å²) in [5.41, 5.74) is 29.6. The van der Waals surface area contributed by atoms with Crippen LogP contribution in [0.15, 0.2) is 60.9 Å². The number of aliphatic hydroxyl groups excluding tert-OH is 1. The zero-order valence-corrected chi connectivity index (χ0v) is 26.2. The summed E-state index contributed by atoms with van der Waals surface area (Å²) in [7, 11) is 0. The molecule has 17 heteroatoms. The number of carbonyl (C=O) groups is 5. The van der Waals surface area contributed by atoms with E-state index in [0.717, 1.165) is 32.9 Å². The molecular formula is C31H43N7O10. The number of rotatable bonds is 12. The van der Waals surface area contributed by atoms with Gasteiger partial charge in [0.2, 0.25) is 5.91 Å². The maximum Gasteiger partial charge on any atom is 0.323 e. The Hall–Kier alpha value is -5.33. The molecule has 1 amide bonds. The Morgan fingerprint density at radius 2 is 1.02 bits per heavy atom. The Morgan fingerprint density at radius 1 is 0.646 bits per heavy atom. The lowest BCUT2D eigenvalue weighted by Crippen LogP contribution is -2.39. The Balaban J connectivity index is 0.000000332. The van der Waals surface area contributed by atoms with E-state index in [9.17, 15) is 24.0 Å². The molecule has 0 saturated carbocycles. The molecule has 17 N–H and O–H groups in total. The van der Waals surface area contributed by atoms with Crippen molar-refractivity contribution < 1.29 is 49.5 Å². The highest BCUT2D eigenvalue weighted by molar-refractivity contribution is 5.85. The summed E-state index contributed by atoms with van der Waals surface area (Å²) < 4.78 is 0. The lowest BCUT2D eigenvalue weighted by Gasteiger charge is -2.06. The second-order valence-corrected chi connectivity index (χ2v) is 10.6. The van der Waals surface area contributed by atoms with Gasteiger partial charge in [0.15, 0.2) is 0 Å². The Kier molecular flexibility index (Phi) is 17.0. The molecule has 0 aliphatic carbocycles. The highest BCUT2D eigenvalue weighted by atomic mass is 16.4. The molecule has 17 nitrogen and oxygen atoms in total. The molecule has 0 aliphatic rings. The van der Waals surface area contributed by atoms with Crippen molar-refractivity contribution in [2.75, 3.05) is 0 Å². The van der Waals surface area contributed by atoms with Gasteiger partial charge in [0.05, 0.1) is 6.10 Å². The Labute approximate surface area is 274 Å². The molecule has 0 radical (unpaired) electrons. The molecule has 2 aromatic carbocycles. The molecule has 0 unspecified atom stereocenters. The van der Waals surface area contributed by atoms with E-state index in [1.807, 2.05) is 60.9 Å². The van der Waals surface area contributed by atoms with Crippen LogP contribution >= 0.6 is 0 Å². The molecule has 0 bridgehead atoms. The lowest BCUT2D eigenvalue weighted by atomic mass is 10.1. The minimum atomic E-state index is -1.18. The van der Waals surface area contributed by atoms with E-state index in [1.165, 1.54) is 6.92 Å². The van der Waals surface area contributed by atoms with Crippen molar-refractivity contribution in [3.05, 3.63) is 72.1 Å². The second kappa shape index (κ2) is 20.0. The fourth-order valence-electron chi connectivity index (χ4n) is 3.88. The number of amides is 1. The van der Waals surface area contributed by atoms with Crippen molar-refractivity contribution in [3.8, 4) is 0 Å². The van der Waals surface area contributed by atoms with Crippen molar-refractivity contribution in [3.63, 3.8) is 0 Å². The predicted molar refractivity (Wildman–Crippen MR) is 177 cm³/mol. The first-order chi connectivity index (χ1) is 22.5. The number of fused-ring (bicyclic) bond motifs is 2. The van der Waals surface area contributed by atoms with Gasteiger partial charge in [-0.2, -0.15) is 0 Å². The molecule has 4 aromatic rings. The number of benzene rings is 2. The third kappa shape index (κ3) is 14.0. The van der Waals surface area contributed by atoms with Crippen LogP contribution in [0.25, 0.3) is 21.8 Å². The molecule has 0 fully saturated rings. The summed E-state index contributed by atoms with van der Waals surface area (Å²) in [5.74, 6) is -4.77. The molecule has 48 heavy (non-hydrogen) atoms. The number of hydrogen-bond acceptors (Lipinski definition) is 10. The van der Waals surface area contributed by atoms with Gasteiger partial charge in [-0.05, 0) is 36.6 Å². The standard InChI is InChI=1S/2C11H12N2O2.C5H10N2O3.C4H9NO3/c2*12-9(11(14)15)5-7-6-13-10-4-2-1-3-8(7)10;6-3(5(9)10)1-2-4(7)8;1-2(6)3(5)4(7)8/h2*1-4,6,9,13H,5,12H2,(H,14,15);3H,1-2,6H2,(H2,7,8)(H,9,10);2-3,6H,5H2,1H3,(H,7,8)/t2*9-;3-;2-,3+/m0001/s1. The largest absolute Gasteiger partial charge is 0.480 e. The summed E-state index contributed by atoms with van der Waals surface area (Å²) in [6, 6.07) is 11.7.